The fourth-order valence-electron chi connectivity index (χ4n) is 1.84. The molecule has 0 unspecified atom stereocenters. The molecule has 2 aromatic rings. The maximum Gasteiger partial charge on any atom is 0.360 e. The standard InChI is InChI=1S/C14H17N3O3/c1-3-20-14(18)12-13(15)17(9-16-12)8-10-5-4-6-11(7-10)19-2/h4-7,9H,3,8,15H2,1-2H3. The van der Waals surface area contributed by atoms with Crippen LogP contribution in [0.3, 0.4) is 0 Å². The number of imidazole rings is 1. The van der Waals surface area contributed by atoms with E-state index in [2.05, 4.69) is 4.98 Å². The molecule has 106 valence electrons. The third-order valence-electron chi connectivity index (χ3n) is 2.83. The van der Waals surface area contributed by atoms with E-state index < -0.39 is 5.97 Å². The van der Waals surface area contributed by atoms with E-state index in [4.69, 9.17) is 15.2 Å². The molecular weight excluding hydrogens is 258 g/mol. The second-order valence-electron chi connectivity index (χ2n) is 4.18. The molecule has 6 heteroatoms. The summed E-state index contributed by atoms with van der Waals surface area (Å²) in [5.41, 5.74) is 7.07. The first-order chi connectivity index (χ1) is 9.65. The summed E-state index contributed by atoms with van der Waals surface area (Å²) in [6.07, 6.45) is 1.53. The van der Waals surface area contributed by atoms with Gasteiger partial charge in [-0.1, -0.05) is 12.1 Å². The van der Waals surface area contributed by atoms with Gasteiger partial charge in [0.2, 0.25) is 0 Å². The number of esters is 1. The maximum atomic E-state index is 11.6. The van der Waals surface area contributed by atoms with Gasteiger partial charge in [-0.2, -0.15) is 0 Å². The molecule has 1 aromatic heterocycles. The van der Waals surface area contributed by atoms with Gasteiger partial charge in [0, 0.05) is 0 Å². The smallest absolute Gasteiger partial charge is 0.360 e. The molecule has 0 saturated carbocycles. The predicted octanol–water partition coefficient (Wildman–Crippen LogP) is 1.70. The van der Waals surface area contributed by atoms with Crippen LogP contribution in [-0.4, -0.2) is 29.2 Å². The van der Waals surface area contributed by atoms with Gasteiger partial charge in [0.25, 0.3) is 0 Å². The van der Waals surface area contributed by atoms with Crippen molar-refractivity contribution in [2.45, 2.75) is 13.5 Å². The highest BCUT2D eigenvalue weighted by molar-refractivity contribution is 5.92. The van der Waals surface area contributed by atoms with Crippen molar-refractivity contribution in [1.29, 1.82) is 0 Å². The molecule has 20 heavy (non-hydrogen) atoms. The second kappa shape index (κ2) is 6.10. The van der Waals surface area contributed by atoms with Gasteiger partial charge < -0.3 is 19.8 Å². The number of aromatic nitrogens is 2. The van der Waals surface area contributed by atoms with E-state index in [0.29, 0.717) is 19.0 Å². The second-order valence-corrected chi connectivity index (χ2v) is 4.18. The number of anilines is 1. The zero-order valence-electron chi connectivity index (χ0n) is 11.5. The quantitative estimate of drug-likeness (QED) is 0.840. The van der Waals surface area contributed by atoms with Crippen LogP contribution in [-0.2, 0) is 11.3 Å². The summed E-state index contributed by atoms with van der Waals surface area (Å²) in [5.74, 6) is 0.562. The minimum atomic E-state index is -0.505. The molecule has 2 N–H and O–H groups in total. The molecule has 1 aromatic carbocycles. The van der Waals surface area contributed by atoms with Gasteiger partial charge in [0.15, 0.2) is 5.69 Å². The molecule has 0 aliphatic rings. The zero-order chi connectivity index (χ0) is 14.5. The normalized spacial score (nSPS) is 10.3. The molecule has 0 spiro atoms. The third kappa shape index (κ3) is 2.90. The van der Waals surface area contributed by atoms with Gasteiger partial charge >= 0.3 is 5.97 Å². The lowest BCUT2D eigenvalue weighted by atomic mass is 10.2. The van der Waals surface area contributed by atoms with Gasteiger partial charge in [-0.15, -0.1) is 0 Å². The molecule has 1 heterocycles. The summed E-state index contributed by atoms with van der Waals surface area (Å²) < 4.78 is 11.8. The summed E-state index contributed by atoms with van der Waals surface area (Å²) in [4.78, 5) is 15.6. The van der Waals surface area contributed by atoms with Gasteiger partial charge in [0.1, 0.15) is 11.6 Å². The Labute approximate surface area is 117 Å². The Bertz CT molecular complexity index is 607. The van der Waals surface area contributed by atoms with Gasteiger partial charge in [0.05, 0.1) is 26.6 Å². The van der Waals surface area contributed by atoms with Crippen LogP contribution in [0.15, 0.2) is 30.6 Å². The molecule has 0 atom stereocenters. The number of ether oxygens (including phenoxy) is 2. The summed E-state index contributed by atoms with van der Waals surface area (Å²) >= 11 is 0. The van der Waals surface area contributed by atoms with Crippen LogP contribution in [0.4, 0.5) is 5.82 Å². The summed E-state index contributed by atoms with van der Waals surface area (Å²) in [5, 5.41) is 0. The van der Waals surface area contributed by atoms with Crippen LogP contribution in [0, 0.1) is 0 Å². The highest BCUT2D eigenvalue weighted by Crippen LogP contribution is 2.17. The lowest BCUT2D eigenvalue weighted by Gasteiger charge is -2.07. The van der Waals surface area contributed by atoms with E-state index in [-0.39, 0.29) is 5.69 Å². The lowest BCUT2D eigenvalue weighted by molar-refractivity contribution is 0.0521. The predicted molar refractivity (Wildman–Crippen MR) is 74.7 cm³/mol. The summed E-state index contributed by atoms with van der Waals surface area (Å²) in [6.45, 7) is 2.54. The van der Waals surface area contributed by atoms with Crippen LogP contribution < -0.4 is 10.5 Å². The first-order valence-electron chi connectivity index (χ1n) is 6.26. The molecule has 0 aliphatic carbocycles. The van der Waals surface area contributed by atoms with Crippen LogP contribution >= 0.6 is 0 Å². The van der Waals surface area contributed by atoms with Crippen molar-refractivity contribution in [3.63, 3.8) is 0 Å². The molecule has 0 amide bonds. The number of nitrogen functional groups attached to an aromatic ring is 1. The number of hydrogen-bond acceptors (Lipinski definition) is 5. The molecule has 0 radical (unpaired) electrons. The van der Waals surface area contributed by atoms with Gasteiger partial charge in [-0.05, 0) is 24.6 Å². The highest BCUT2D eigenvalue weighted by atomic mass is 16.5. The van der Waals surface area contributed by atoms with Gasteiger partial charge in [-0.25, -0.2) is 9.78 Å². The third-order valence-corrected chi connectivity index (χ3v) is 2.83. The van der Waals surface area contributed by atoms with Crippen molar-refractivity contribution in [2.75, 3.05) is 19.5 Å². The first kappa shape index (κ1) is 13.9. The lowest BCUT2D eigenvalue weighted by Crippen LogP contribution is -2.10. The Kier molecular flexibility index (Phi) is 4.24. The number of carbonyl (C=O) groups is 1. The fraction of sp³-hybridized carbons (Fsp3) is 0.286. The van der Waals surface area contributed by atoms with Gasteiger partial charge in [-0.3, -0.25) is 0 Å². The molecule has 6 nitrogen and oxygen atoms in total. The Morgan fingerprint density at radius 1 is 1.45 bits per heavy atom. The van der Waals surface area contributed by atoms with Crippen LogP contribution in [0.5, 0.6) is 5.75 Å². The molecule has 0 fully saturated rings. The molecule has 2 rings (SSSR count). The van der Waals surface area contributed by atoms with E-state index in [0.717, 1.165) is 11.3 Å². The SMILES string of the molecule is CCOC(=O)c1ncn(Cc2cccc(OC)c2)c1N. The van der Waals surface area contributed by atoms with Crippen molar-refractivity contribution >= 4 is 11.8 Å². The molecular formula is C14H17N3O3. The Balaban J connectivity index is 2.19. The van der Waals surface area contributed by atoms with E-state index in [1.807, 2.05) is 24.3 Å². The van der Waals surface area contributed by atoms with Crippen molar-refractivity contribution < 1.29 is 14.3 Å². The van der Waals surface area contributed by atoms with Crippen molar-refractivity contribution in [2.24, 2.45) is 0 Å². The van der Waals surface area contributed by atoms with E-state index >= 15 is 0 Å². The number of methoxy groups -OCH3 is 1. The van der Waals surface area contributed by atoms with Crippen LogP contribution in [0.1, 0.15) is 23.0 Å². The van der Waals surface area contributed by atoms with Crippen LogP contribution in [0.25, 0.3) is 0 Å². The summed E-state index contributed by atoms with van der Waals surface area (Å²) in [6, 6.07) is 7.62. The van der Waals surface area contributed by atoms with E-state index in [1.54, 1.807) is 18.6 Å². The Morgan fingerprint density at radius 3 is 2.95 bits per heavy atom. The Morgan fingerprint density at radius 2 is 2.25 bits per heavy atom. The average Bonchev–Trinajstić information content (AvgIpc) is 2.81. The topological polar surface area (TPSA) is 79.4 Å². The van der Waals surface area contributed by atoms with Crippen LogP contribution in [0.2, 0.25) is 0 Å². The Hall–Kier alpha value is -2.50. The maximum absolute atomic E-state index is 11.6. The van der Waals surface area contributed by atoms with Crippen molar-refractivity contribution in [3.8, 4) is 5.75 Å². The zero-order valence-corrected chi connectivity index (χ0v) is 11.5. The number of nitrogens with zero attached hydrogens (tertiary/aromatic N) is 2. The average molecular weight is 275 g/mol. The van der Waals surface area contributed by atoms with Crippen molar-refractivity contribution in [1.82, 2.24) is 9.55 Å². The van der Waals surface area contributed by atoms with Crippen molar-refractivity contribution in [3.05, 3.63) is 41.9 Å². The number of carbonyl (C=O) groups excluding carboxylic acids is 1. The van der Waals surface area contributed by atoms with E-state index in [1.165, 1.54) is 6.33 Å². The minimum Gasteiger partial charge on any atom is -0.497 e. The molecule has 0 saturated heterocycles. The van der Waals surface area contributed by atoms with E-state index in [9.17, 15) is 4.79 Å². The number of benzene rings is 1. The summed E-state index contributed by atoms with van der Waals surface area (Å²) in [7, 11) is 1.61. The monoisotopic (exact) mass is 275 g/mol. The molecule has 0 bridgehead atoms. The first-order valence-corrected chi connectivity index (χ1v) is 6.26. The molecule has 0 aliphatic heterocycles. The minimum absolute atomic E-state index is 0.148. The number of rotatable bonds is 5. The highest BCUT2D eigenvalue weighted by Gasteiger charge is 2.16. The number of hydrogen-bond donors (Lipinski definition) is 1. The fourth-order valence-corrected chi connectivity index (χ4v) is 1.84. The number of nitrogens with two attached hydrogens (primary N) is 1. The largest absolute Gasteiger partial charge is 0.497 e.